The van der Waals surface area contributed by atoms with Crippen LogP contribution in [0.15, 0.2) is 125 Å². The summed E-state index contributed by atoms with van der Waals surface area (Å²) in [5.74, 6) is 0. The van der Waals surface area contributed by atoms with Gasteiger partial charge >= 0.3 is 0 Å². The van der Waals surface area contributed by atoms with Crippen LogP contribution in [0, 0.1) is 0 Å². The van der Waals surface area contributed by atoms with Gasteiger partial charge in [-0.15, -0.1) is 0 Å². The van der Waals surface area contributed by atoms with E-state index in [0.717, 1.165) is 22.5 Å². The van der Waals surface area contributed by atoms with E-state index in [1.165, 1.54) is 11.8 Å². The van der Waals surface area contributed by atoms with Crippen molar-refractivity contribution >= 4 is 39.3 Å². The zero-order valence-corrected chi connectivity index (χ0v) is 19.1. The molecule has 5 nitrogen and oxygen atoms in total. The highest BCUT2D eigenvalue weighted by molar-refractivity contribution is 8.14. The van der Waals surface area contributed by atoms with Crippen LogP contribution in [0.3, 0.4) is 0 Å². The van der Waals surface area contributed by atoms with E-state index in [4.69, 9.17) is 9.98 Å². The van der Waals surface area contributed by atoms with E-state index >= 15 is 0 Å². The van der Waals surface area contributed by atoms with E-state index in [1.807, 2.05) is 115 Å². The molecule has 0 spiro atoms. The lowest BCUT2D eigenvalue weighted by atomic mass is 10.1. The molecule has 0 unspecified atom stereocenters. The molecule has 0 amide bonds. The third kappa shape index (κ3) is 5.08. The van der Waals surface area contributed by atoms with Crippen LogP contribution in [0.1, 0.15) is 16.5 Å². The minimum Gasteiger partial charge on any atom is -0.335 e. The van der Waals surface area contributed by atoms with Crippen LogP contribution in [0.4, 0.5) is 11.4 Å². The van der Waals surface area contributed by atoms with Crippen molar-refractivity contribution in [1.29, 1.82) is 0 Å². The van der Waals surface area contributed by atoms with Gasteiger partial charge in [0, 0.05) is 5.69 Å². The lowest BCUT2D eigenvalue weighted by Crippen LogP contribution is -2.20. The van der Waals surface area contributed by atoms with E-state index in [1.54, 1.807) is 0 Å². The van der Waals surface area contributed by atoms with Gasteiger partial charge in [0.2, 0.25) is 0 Å². The fourth-order valence-corrected chi connectivity index (χ4v) is 4.71. The first kappa shape index (κ1) is 21.7. The summed E-state index contributed by atoms with van der Waals surface area (Å²) in [7, 11) is 0. The molecule has 6 heteroatoms. The molecule has 0 saturated carbocycles. The second-order valence-electron chi connectivity index (χ2n) is 7.62. The fraction of sp³-hybridized carbons (Fsp3) is 0.0357. The molecule has 34 heavy (non-hydrogen) atoms. The molecular weight excluding hydrogens is 440 g/mol. The van der Waals surface area contributed by atoms with Crippen molar-refractivity contribution in [1.82, 2.24) is 9.97 Å². The Bertz CT molecular complexity index is 1470. The van der Waals surface area contributed by atoms with Gasteiger partial charge in [0.05, 0.1) is 22.0 Å². The van der Waals surface area contributed by atoms with Crippen molar-refractivity contribution in [3.05, 3.63) is 137 Å². The summed E-state index contributed by atoms with van der Waals surface area (Å²) in [4.78, 5) is 25.8. The predicted molar refractivity (Wildman–Crippen MR) is 142 cm³/mol. The largest absolute Gasteiger partial charge is 0.335 e. The van der Waals surface area contributed by atoms with Crippen molar-refractivity contribution < 1.29 is 0 Å². The minimum atomic E-state index is -0.367. The van der Waals surface area contributed by atoms with Gasteiger partial charge in [-0.1, -0.05) is 90.6 Å². The topological polar surface area (TPSA) is 70.1 Å². The molecule has 1 atom stereocenters. The highest BCUT2D eigenvalue weighted by atomic mass is 32.2. The molecule has 0 aliphatic carbocycles. The van der Waals surface area contributed by atoms with Gasteiger partial charge in [-0.25, -0.2) is 9.98 Å². The Kier molecular flexibility index (Phi) is 6.49. The average molecular weight is 463 g/mol. The summed E-state index contributed by atoms with van der Waals surface area (Å²) in [5.41, 5.74) is 4.39. The smallest absolute Gasteiger partial charge is 0.271 e. The van der Waals surface area contributed by atoms with Crippen LogP contribution < -0.4 is 10.9 Å². The lowest BCUT2D eigenvalue weighted by molar-refractivity contribution is 1.01. The molecule has 0 radical (unpaired) electrons. The average Bonchev–Trinajstić information content (AvgIpc) is 2.89. The number of para-hydroxylation sites is 4. The number of nitrogens with one attached hydrogen (secondary N) is 2. The van der Waals surface area contributed by atoms with Crippen molar-refractivity contribution in [2.75, 3.05) is 5.32 Å². The van der Waals surface area contributed by atoms with Crippen molar-refractivity contribution in [3.63, 3.8) is 0 Å². The molecular formula is C28H22N4OS. The highest BCUT2D eigenvalue weighted by Gasteiger charge is 2.23. The van der Waals surface area contributed by atoms with Crippen LogP contribution in [-0.4, -0.2) is 15.1 Å². The summed E-state index contributed by atoms with van der Waals surface area (Å²) in [6.07, 6.45) is 0. The normalized spacial score (nSPS) is 12.4. The Hall–Kier alpha value is -4.16. The van der Waals surface area contributed by atoms with Crippen LogP contribution in [0.2, 0.25) is 0 Å². The van der Waals surface area contributed by atoms with Crippen LogP contribution in [0.25, 0.3) is 11.0 Å². The Morgan fingerprint density at radius 3 is 2.15 bits per heavy atom. The summed E-state index contributed by atoms with van der Waals surface area (Å²) in [6, 6.07) is 37.1. The molecule has 5 rings (SSSR count). The van der Waals surface area contributed by atoms with E-state index in [0.29, 0.717) is 16.4 Å². The number of nitrogens with zero attached hydrogens (tertiary/aromatic N) is 2. The van der Waals surface area contributed by atoms with E-state index < -0.39 is 0 Å². The highest BCUT2D eigenvalue weighted by Crippen LogP contribution is 2.35. The zero-order valence-electron chi connectivity index (χ0n) is 18.3. The summed E-state index contributed by atoms with van der Waals surface area (Å²) < 4.78 is 0. The number of aromatic amines is 1. The minimum absolute atomic E-state index is 0.209. The molecule has 1 heterocycles. The van der Waals surface area contributed by atoms with Crippen LogP contribution >= 0.6 is 11.8 Å². The van der Waals surface area contributed by atoms with Gasteiger partial charge < -0.3 is 10.3 Å². The van der Waals surface area contributed by atoms with E-state index in [-0.39, 0.29) is 10.8 Å². The molecule has 1 aromatic heterocycles. The number of benzene rings is 4. The van der Waals surface area contributed by atoms with Crippen LogP contribution in [-0.2, 0) is 0 Å². The third-order valence-electron chi connectivity index (χ3n) is 5.22. The van der Waals surface area contributed by atoms with Gasteiger partial charge in [0.25, 0.3) is 5.56 Å². The summed E-state index contributed by atoms with van der Waals surface area (Å²) in [6.45, 7) is 0. The molecule has 0 fully saturated rings. The number of aliphatic imine (C=N–C) groups is 1. The van der Waals surface area contributed by atoms with Crippen LogP contribution in [0.5, 0.6) is 0 Å². The first-order valence-corrected chi connectivity index (χ1v) is 11.8. The van der Waals surface area contributed by atoms with Crippen molar-refractivity contribution in [2.24, 2.45) is 4.99 Å². The van der Waals surface area contributed by atoms with E-state index in [9.17, 15) is 4.79 Å². The molecule has 166 valence electrons. The van der Waals surface area contributed by atoms with Crippen molar-refractivity contribution in [3.8, 4) is 0 Å². The molecule has 0 bridgehead atoms. The predicted octanol–water partition coefficient (Wildman–Crippen LogP) is 6.55. The van der Waals surface area contributed by atoms with Crippen molar-refractivity contribution in [2.45, 2.75) is 5.25 Å². The monoisotopic (exact) mass is 462 g/mol. The maximum Gasteiger partial charge on any atom is 0.271 e. The number of thioether (sulfide) groups is 1. The maximum absolute atomic E-state index is 13.2. The Morgan fingerprint density at radius 2 is 1.41 bits per heavy atom. The van der Waals surface area contributed by atoms with Gasteiger partial charge in [-0.2, -0.15) is 0 Å². The molecule has 5 aromatic rings. The second-order valence-corrected chi connectivity index (χ2v) is 8.71. The molecule has 0 aliphatic rings. The Balaban J connectivity index is 1.61. The SMILES string of the molecule is O=c1[nH]c2ccccc2nc1[C@@H](SC(=Nc1ccccc1)Nc1ccccc1)c1ccccc1. The Morgan fingerprint density at radius 1 is 0.794 bits per heavy atom. The maximum atomic E-state index is 13.2. The molecule has 2 N–H and O–H groups in total. The number of hydrogen-bond acceptors (Lipinski definition) is 4. The molecule has 0 aliphatic heterocycles. The number of rotatable bonds is 5. The number of fused-ring (bicyclic) bond motifs is 1. The van der Waals surface area contributed by atoms with E-state index in [2.05, 4.69) is 10.3 Å². The number of hydrogen-bond donors (Lipinski definition) is 2. The number of H-pyrrole nitrogens is 1. The number of amidine groups is 1. The standard InChI is InChI=1S/C28H22N4OS/c33-27-25(31-23-18-10-11-19-24(23)32-27)26(20-12-4-1-5-13-20)34-28(29-21-14-6-2-7-15-21)30-22-16-8-3-9-17-22/h1-19,26H,(H,29,30)(H,32,33)/t26-/m0/s1. The van der Waals surface area contributed by atoms with Gasteiger partial charge in [-0.3, -0.25) is 4.79 Å². The lowest BCUT2D eigenvalue weighted by Gasteiger charge is -2.19. The molecule has 0 saturated heterocycles. The number of aromatic nitrogens is 2. The first-order chi connectivity index (χ1) is 16.8. The third-order valence-corrected chi connectivity index (χ3v) is 6.37. The van der Waals surface area contributed by atoms with Gasteiger partial charge in [0.1, 0.15) is 5.69 Å². The molecule has 4 aromatic carbocycles. The summed E-state index contributed by atoms with van der Waals surface area (Å²) >= 11 is 1.46. The second kappa shape index (κ2) is 10.2. The van der Waals surface area contributed by atoms with Gasteiger partial charge in [-0.05, 0) is 42.0 Å². The fourth-order valence-electron chi connectivity index (χ4n) is 3.59. The van der Waals surface area contributed by atoms with Gasteiger partial charge in [0.15, 0.2) is 5.17 Å². The zero-order chi connectivity index (χ0) is 23.2. The quantitative estimate of drug-likeness (QED) is 0.230. The number of anilines is 1. The summed E-state index contributed by atoms with van der Waals surface area (Å²) in [5, 5.41) is 3.73. The first-order valence-electron chi connectivity index (χ1n) is 10.9. The Labute approximate surface area is 201 Å².